The van der Waals surface area contributed by atoms with Gasteiger partial charge in [-0.1, -0.05) is 11.8 Å². The van der Waals surface area contributed by atoms with Gasteiger partial charge in [0.1, 0.15) is 17.2 Å². The Labute approximate surface area is 118 Å². The van der Waals surface area contributed by atoms with E-state index in [4.69, 9.17) is 4.42 Å². The number of rotatable bonds is 4. The molecule has 7 nitrogen and oxygen atoms in total. The van der Waals surface area contributed by atoms with Gasteiger partial charge in [-0.3, -0.25) is 9.59 Å². The molecule has 0 fully saturated rings. The number of hydrazone groups is 1. The summed E-state index contributed by atoms with van der Waals surface area (Å²) in [5, 5.41) is 4.11. The fraction of sp³-hybridized carbons (Fsp3) is 0.167. The van der Waals surface area contributed by atoms with E-state index in [1.54, 1.807) is 25.3 Å². The molecule has 0 saturated heterocycles. The smallest absolute Gasteiger partial charge is 0.290 e. The summed E-state index contributed by atoms with van der Waals surface area (Å²) in [7, 11) is 0. The number of aromatic amines is 1. The van der Waals surface area contributed by atoms with Crippen LogP contribution in [0.3, 0.4) is 0 Å². The van der Waals surface area contributed by atoms with Crippen LogP contribution in [0.2, 0.25) is 0 Å². The highest BCUT2D eigenvalue weighted by Crippen LogP contribution is 2.05. The number of nitrogens with zero attached hydrogens (tertiary/aromatic N) is 2. The van der Waals surface area contributed by atoms with E-state index in [2.05, 4.69) is 20.5 Å². The van der Waals surface area contributed by atoms with Gasteiger partial charge in [0.05, 0.1) is 6.21 Å². The van der Waals surface area contributed by atoms with Crippen LogP contribution in [0.4, 0.5) is 0 Å². The van der Waals surface area contributed by atoms with Crippen LogP contribution in [0.1, 0.15) is 22.0 Å². The van der Waals surface area contributed by atoms with Gasteiger partial charge in [0.2, 0.25) is 0 Å². The summed E-state index contributed by atoms with van der Waals surface area (Å²) >= 11 is 1.24. The monoisotopic (exact) mass is 292 g/mol. The van der Waals surface area contributed by atoms with E-state index in [1.165, 1.54) is 18.0 Å². The fourth-order valence-corrected chi connectivity index (χ4v) is 1.78. The van der Waals surface area contributed by atoms with Gasteiger partial charge in [0.25, 0.3) is 11.5 Å². The topological polar surface area (TPSA) is 100 Å². The van der Waals surface area contributed by atoms with E-state index < -0.39 is 5.91 Å². The van der Waals surface area contributed by atoms with E-state index in [9.17, 15) is 9.59 Å². The predicted octanol–water partition coefficient (Wildman–Crippen LogP) is 1.16. The maximum atomic E-state index is 11.8. The maximum absolute atomic E-state index is 11.8. The van der Waals surface area contributed by atoms with Gasteiger partial charge in [0, 0.05) is 6.07 Å². The molecule has 0 aliphatic rings. The predicted molar refractivity (Wildman–Crippen MR) is 75.1 cm³/mol. The lowest BCUT2D eigenvalue weighted by Crippen LogP contribution is -2.22. The van der Waals surface area contributed by atoms with Crippen LogP contribution in [0.25, 0.3) is 0 Å². The number of hydrogen-bond acceptors (Lipinski definition) is 6. The summed E-state index contributed by atoms with van der Waals surface area (Å²) in [6.45, 7) is 1.81. The van der Waals surface area contributed by atoms with Crippen LogP contribution >= 0.6 is 11.8 Å². The lowest BCUT2D eigenvalue weighted by molar-refractivity contribution is 0.0949. The third-order valence-electron chi connectivity index (χ3n) is 2.26. The van der Waals surface area contributed by atoms with Gasteiger partial charge in [-0.25, -0.2) is 10.4 Å². The Kier molecular flexibility index (Phi) is 4.36. The molecule has 2 heterocycles. The molecular weight excluding hydrogens is 280 g/mol. The van der Waals surface area contributed by atoms with Crippen LogP contribution in [-0.2, 0) is 0 Å². The average molecular weight is 292 g/mol. The zero-order valence-electron chi connectivity index (χ0n) is 10.8. The number of thioether (sulfide) groups is 1. The average Bonchev–Trinajstić information content (AvgIpc) is 2.83. The molecule has 1 amide bonds. The standard InChI is InChI=1S/C12H12N4O3S/c1-7-3-4-8(19-7)6-13-16-11(18)9-5-10(17)15-12(14-9)20-2/h3-6H,1-2H3,(H,16,18)(H,14,15,17)/b13-6+. The van der Waals surface area contributed by atoms with Gasteiger partial charge in [0.15, 0.2) is 5.16 Å². The van der Waals surface area contributed by atoms with Gasteiger partial charge in [-0.2, -0.15) is 5.10 Å². The Hall–Kier alpha value is -2.35. The minimum atomic E-state index is -0.564. The molecule has 0 bridgehead atoms. The number of aromatic nitrogens is 2. The van der Waals surface area contributed by atoms with E-state index >= 15 is 0 Å². The lowest BCUT2D eigenvalue weighted by atomic mass is 10.4. The number of amides is 1. The van der Waals surface area contributed by atoms with Crippen molar-refractivity contribution in [1.82, 2.24) is 15.4 Å². The van der Waals surface area contributed by atoms with Crippen molar-refractivity contribution in [2.45, 2.75) is 12.1 Å². The van der Waals surface area contributed by atoms with Crippen molar-refractivity contribution in [2.75, 3.05) is 6.26 Å². The zero-order chi connectivity index (χ0) is 14.5. The van der Waals surface area contributed by atoms with Crippen LogP contribution in [-0.4, -0.2) is 28.3 Å². The number of hydrogen-bond donors (Lipinski definition) is 2. The fourth-order valence-electron chi connectivity index (χ4n) is 1.38. The van der Waals surface area contributed by atoms with Crippen molar-refractivity contribution < 1.29 is 9.21 Å². The first kappa shape index (κ1) is 14.1. The SMILES string of the molecule is CSc1nc(C(=O)N/N=C/c2ccc(C)o2)cc(=O)[nH]1. The van der Waals surface area contributed by atoms with E-state index in [1.807, 2.05) is 0 Å². The molecule has 2 aromatic heterocycles. The van der Waals surface area contributed by atoms with Crippen LogP contribution < -0.4 is 11.0 Å². The van der Waals surface area contributed by atoms with Crippen molar-refractivity contribution in [3.63, 3.8) is 0 Å². The highest BCUT2D eigenvalue weighted by Gasteiger charge is 2.09. The molecule has 0 saturated carbocycles. The molecule has 0 aromatic carbocycles. The molecule has 0 atom stereocenters. The molecule has 20 heavy (non-hydrogen) atoms. The van der Waals surface area contributed by atoms with E-state index in [0.717, 1.165) is 11.8 Å². The molecule has 0 radical (unpaired) electrons. The van der Waals surface area contributed by atoms with Gasteiger partial charge in [-0.15, -0.1) is 0 Å². The van der Waals surface area contributed by atoms with Crippen LogP contribution in [0.5, 0.6) is 0 Å². The van der Waals surface area contributed by atoms with E-state index in [0.29, 0.717) is 10.9 Å². The van der Waals surface area contributed by atoms with Crippen LogP contribution in [0, 0.1) is 6.92 Å². The second-order valence-electron chi connectivity index (χ2n) is 3.79. The number of aryl methyl sites for hydroxylation is 1. The number of furan rings is 1. The molecule has 2 rings (SSSR count). The lowest BCUT2D eigenvalue weighted by Gasteiger charge is -2.00. The van der Waals surface area contributed by atoms with Crippen molar-refractivity contribution in [2.24, 2.45) is 5.10 Å². The maximum Gasteiger partial charge on any atom is 0.290 e. The molecule has 0 aliphatic carbocycles. The van der Waals surface area contributed by atoms with E-state index in [-0.39, 0.29) is 11.3 Å². The van der Waals surface area contributed by atoms with Crippen LogP contribution in [0.15, 0.2) is 37.7 Å². The highest BCUT2D eigenvalue weighted by atomic mass is 32.2. The first-order chi connectivity index (χ1) is 9.58. The summed E-state index contributed by atoms with van der Waals surface area (Å²) in [5.41, 5.74) is 1.90. The minimum absolute atomic E-state index is 0.00544. The molecule has 0 aliphatic heterocycles. The van der Waals surface area contributed by atoms with Crippen molar-refractivity contribution in [3.05, 3.63) is 45.8 Å². The van der Waals surface area contributed by atoms with Gasteiger partial charge in [-0.05, 0) is 25.3 Å². The minimum Gasteiger partial charge on any atom is -0.460 e. The summed E-state index contributed by atoms with van der Waals surface area (Å²) < 4.78 is 5.25. The Morgan fingerprint density at radius 3 is 3.00 bits per heavy atom. The molecule has 104 valence electrons. The Balaban J connectivity index is 2.07. The summed E-state index contributed by atoms with van der Waals surface area (Å²) in [6.07, 6.45) is 3.12. The molecule has 8 heteroatoms. The number of carbonyl (C=O) groups is 1. The first-order valence-corrected chi connectivity index (χ1v) is 6.86. The largest absolute Gasteiger partial charge is 0.460 e. The third-order valence-corrected chi connectivity index (χ3v) is 2.85. The Morgan fingerprint density at radius 1 is 1.55 bits per heavy atom. The van der Waals surface area contributed by atoms with Crippen molar-refractivity contribution in [1.29, 1.82) is 0 Å². The molecule has 2 N–H and O–H groups in total. The quantitative estimate of drug-likeness (QED) is 0.381. The number of carbonyl (C=O) groups excluding carboxylic acids is 1. The van der Waals surface area contributed by atoms with Crippen molar-refractivity contribution in [3.8, 4) is 0 Å². The van der Waals surface area contributed by atoms with Crippen molar-refractivity contribution >= 4 is 23.9 Å². The second-order valence-corrected chi connectivity index (χ2v) is 4.58. The molecule has 2 aromatic rings. The second kappa shape index (κ2) is 6.20. The zero-order valence-corrected chi connectivity index (χ0v) is 11.7. The van der Waals surface area contributed by atoms with Gasteiger partial charge >= 0.3 is 0 Å². The van der Waals surface area contributed by atoms with Gasteiger partial charge < -0.3 is 9.40 Å². The summed E-state index contributed by atoms with van der Waals surface area (Å²) in [4.78, 5) is 29.6. The highest BCUT2D eigenvalue weighted by molar-refractivity contribution is 7.98. The molecule has 0 spiro atoms. The Bertz CT molecular complexity index is 705. The first-order valence-electron chi connectivity index (χ1n) is 5.63. The molecule has 0 unspecified atom stereocenters. The normalized spacial score (nSPS) is 10.9. The summed E-state index contributed by atoms with van der Waals surface area (Å²) in [5.74, 6) is 0.705. The number of H-pyrrole nitrogens is 1. The number of nitrogens with one attached hydrogen (secondary N) is 2. The Morgan fingerprint density at radius 2 is 2.35 bits per heavy atom. The third kappa shape index (κ3) is 3.58. The summed E-state index contributed by atoms with van der Waals surface area (Å²) in [6, 6.07) is 4.62. The molecular formula is C12H12N4O3S.